The van der Waals surface area contributed by atoms with E-state index in [1.807, 2.05) is 0 Å². The molecule has 0 aromatic heterocycles. The Bertz CT molecular complexity index is 135. The molecule has 2 atom stereocenters. The summed E-state index contributed by atoms with van der Waals surface area (Å²) in [6, 6.07) is 0.328. The summed E-state index contributed by atoms with van der Waals surface area (Å²) in [6.45, 7) is 1.78. The topological polar surface area (TPSA) is 44.5 Å². The third kappa shape index (κ3) is 4.94. The maximum absolute atomic E-state index is 5.98. The van der Waals surface area contributed by atoms with Gasteiger partial charge in [-0.25, -0.2) is 0 Å². The lowest BCUT2D eigenvalue weighted by molar-refractivity contribution is 0.100. The van der Waals surface area contributed by atoms with Crippen LogP contribution < -0.4 is 5.73 Å². The molecule has 3 nitrogen and oxygen atoms in total. The van der Waals surface area contributed by atoms with Gasteiger partial charge in [0, 0.05) is 26.4 Å². The first kappa shape index (κ1) is 12.0. The Morgan fingerprint density at radius 1 is 1.50 bits per heavy atom. The largest absolute Gasteiger partial charge is 0.385 e. The van der Waals surface area contributed by atoms with E-state index in [0.29, 0.717) is 12.1 Å². The molecule has 1 aliphatic rings. The minimum atomic E-state index is 0.328. The van der Waals surface area contributed by atoms with Gasteiger partial charge >= 0.3 is 0 Å². The molecule has 1 heterocycles. The number of nitrogens with two attached hydrogens (primary N) is 1. The minimum Gasteiger partial charge on any atom is -0.385 e. The smallest absolute Gasteiger partial charge is 0.0576 e. The molecule has 1 fully saturated rings. The van der Waals surface area contributed by atoms with E-state index in [1.54, 1.807) is 7.11 Å². The van der Waals surface area contributed by atoms with E-state index in [9.17, 15) is 0 Å². The van der Waals surface area contributed by atoms with Crippen molar-refractivity contribution in [1.29, 1.82) is 0 Å². The van der Waals surface area contributed by atoms with Crippen LogP contribution in [0.25, 0.3) is 0 Å². The van der Waals surface area contributed by atoms with Gasteiger partial charge in [-0.1, -0.05) is 0 Å². The van der Waals surface area contributed by atoms with Gasteiger partial charge in [-0.2, -0.15) is 0 Å². The van der Waals surface area contributed by atoms with E-state index in [4.69, 9.17) is 15.2 Å². The highest BCUT2D eigenvalue weighted by molar-refractivity contribution is 4.69. The van der Waals surface area contributed by atoms with Crippen LogP contribution in [-0.2, 0) is 9.47 Å². The molecular formula is C11H23NO2. The first-order valence-corrected chi connectivity index (χ1v) is 5.69. The first-order valence-electron chi connectivity index (χ1n) is 5.69. The van der Waals surface area contributed by atoms with Crippen LogP contribution in [0.3, 0.4) is 0 Å². The van der Waals surface area contributed by atoms with Crippen LogP contribution in [0.5, 0.6) is 0 Å². The van der Waals surface area contributed by atoms with Gasteiger partial charge < -0.3 is 15.2 Å². The van der Waals surface area contributed by atoms with Gasteiger partial charge in [0.2, 0.25) is 0 Å². The molecule has 0 spiro atoms. The van der Waals surface area contributed by atoms with Gasteiger partial charge in [-0.3, -0.25) is 0 Å². The average Bonchev–Trinajstić information content (AvgIpc) is 2.68. The van der Waals surface area contributed by atoms with Crippen molar-refractivity contribution in [1.82, 2.24) is 0 Å². The maximum atomic E-state index is 5.98. The maximum Gasteiger partial charge on any atom is 0.0576 e. The fourth-order valence-electron chi connectivity index (χ4n) is 1.91. The van der Waals surface area contributed by atoms with Gasteiger partial charge in [0.25, 0.3) is 0 Å². The first-order chi connectivity index (χ1) is 6.83. The summed E-state index contributed by atoms with van der Waals surface area (Å²) < 4.78 is 10.5. The lowest BCUT2D eigenvalue weighted by atomic mass is 10.0. The van der Waals surface area contributed by atoms with Crippen LogP contribution >= 0.6 is 0 Å². The molecule has 2 N–H and O–H groups in total. The van der Waals surface area contributed by atoms with Gasteiger partial charge in [-0.05, 0) is 38.5 Å². The number of hydrogen-bond acceptors (Lipinski definition) is 3. The van der Waals surface area contributed by atoms with Gasteiger partial charge in [-0.15, -0.1) is 0 Å². The molecule has 14 heavy (non-hydrogen) atoms. The Balaban J connectivity index is 1.93. The minimum absolute atomic E-state index is 0.328. The summed E-state index contributed by atoms with van der Waals surface area (Å²) in [7, 11) is 1.73. The standard InChI is InChI=1S/C11H23NO2/c1-13-8-2-4-10(12)6-7-11-5-3-9-14-11/h10-11H,2-9,12H2,1H3. The zero-order valence-electron chi connectivity index (χ0n) is 9.21. The van der Waals surface area contributed by atoms with E-state index < -0.39 is 0 Å². The molecule has 2 unspecified atom stereocenters. The third-order valence-electron chi connectivity index (χ3n) is 2.81. The van der Waals surface area contributed by atoms with Gasteiger partial charge in [0.05, 0.1) is 6.10 Å². The van der Waals surface area contributed by atoms with Crippen molar-refractivity contribution < 1.29 is 9.47 Å². The summed E-state index contributed by atoms with van der Waals surface area (Å²) in [5.41, 5.74) is 5.98. The van der Waals surface area contributed by atoms with Crippen molar-refractivity contribution in [2.45, 2.75) is 50.7 Å². The normalized spacial score (nSPS) is 24.0. The van der Waals surface area contributed by atoms with Crippen molar-refractivity contribution in [2.75, 3.05) is 20.3 Å². The second-order valence-electron chi connectivity index (χ2n) is 4.11. The van der Waals surface area contributed by atoms with E-state index in [2.05, 4.69) is 0 Å². The molecule has 1 saturated heterocycles. The molecule has 0 aromatic carbocycles. The van der Waals surface area contributed by atoms with Crippen LogP contribution in [0.4, 0.5) is 0 Å². The Hall–Kier alpha value is -0.120. The average molecular weight is 201 g/mol. The lowest BCUT2D eigenvalue weighted by Crippen LogP contribution is -2.22. The molecular weight excluding hydrogens is 178 g/mol. The molecule has 0 amide bonds. The Kier molecular flexibility index (Phi) is 6.15. The zero-order chi connectivity index (χ0) is 10.2. The lowest BCUT2D eigenvalue weighted by Gasteiger charge is -2.14. The Morgan fingerprint density at radius 2 is 2.36 bits per heavy atom. The number of rotatable bonds is 7. The van der Waals surface area contributed by atoms with Crippen molar-refractivity contribution in [3.05, 3.63) is 0 Å². The van der Waals surface area contributed by atoms with Crippen LogP contribution in [0.2, 0.25) is 0 Å². The Labute approximate surface area is 86.9 Å². The molecule has 84 valence electrons. The fraction of sp³-hybridized carbons (Fsp3) is 1.00. The third-order valence-corrected chi connectivity index (χ3v) is 2.81. The van der Waals surface area contributed by atoms with Crippen molar-refractivity contribution in [3.63, 3.8) is 0 Å². The zero-order valence-corrected chi connectivity index (χ0v) is 9.21. The van der Waals surface area contributed by atoms with E-state index >= 15 is 0 Å². The van der Waals surface area contributed by atoms with Crippen molar-refractivity contribution in [2.24, 2.45) is 5.73 Å². The predicted octanol–water partition coefficient (Wildman–Crippen LogP) is 1.70. The van der Waals surface area contributed by atoms with Crippen LogP contribution in [0.15, 0.2) is 0 Å². The molecule has 0 bridgehead atoms. The fourth-order valence-corrected chi connectivity index (χ4v) is 1.91. The highest BCUT2D eigenvalue weighted by atomic mass is 16.5. The molecule has 0 radical (unpaired) electrons. The molecule has 0 aromatic rings. The monoisotopic (exact) mass is 201 g/mol. The summed E-state index contributed by atoms with van der Waals surface area (Å²) in [4.78, 5) is 0. The molecule has 1 aliphatic heterocycles. The predicted molar refractivity (Wildman–Crippen MR) is 57.3 cm³/mol. The SMILES string of the molecule is COCCCC(N)CCC1CCCO1. The van der Waals surface area contributed by atoms with Crippen molar-refractivity contribution >= 4 is 0 Å². The van der Waals surface area contributed by atoms with Gasteiger partial charge in [0.15, 0.2) is 0 Å². The van der Waals surface area contributed by atoms with Gasteiger partial charge in [0.1, 0.15) is 0 Å². The molecule has 0 aliphatic carbocycles. The molecule has 0 saturated carbocycles. The quantitative estimate of drug-likeness (QED) is 0.638. The summed E-state index contributed by atoms with van der Waals surface area (Å²) >= 11 is 0. The summed E-state index contributed by atoms with van der Waals surface area (Å²) in [5.74, 6) is 0. The highest BCUT2D eigenvalue weighted by Crippen LogP contribution is 2.18. The molecule has 1 rings (SSSR count). The second-order valence-corrected chi connectivity index (χ2v) is 4.11. The number of ether oxygens (including phenoxy) is 2. The highest BCUT2D eigenvalue weighted by Gasteiger charge is 2.16. The summed E-state index contributed by atoms with van der Waals surface area (Å²) in [6.07, 6.45) is 7.31. The second kappa shape index (κ2) is 7.21. The van der Waals surface area contributed by atoms with Crippen LogP contribution in [0, 0.1) is 0 Å². The Morgan fingerprint density at radius 3 is 3.00 bits per heavy atom. The number of methoxy groups -OCH3 is 1. The van der Waals surface area contributed by atoms with E-state index in [1.165, 1.54) is 12.8 Å². The van der Waals surface area contributed by atoms with Crippen LogP contribution in [0.1, 0.15) is 38.5 Å². The summed E-state index contributed by atoms with van der Waals surface area (Å²) in [5, 5.41) is 0. The van der Waals surface area contributed by atoms with E-state index in [0.717, 1.165) is 38.9 Å². The molecule has 3 heteroatoms. The van der Waals surface area contributed by atoms with Crippen molar-refractivity contribution in [3.8, 4) is 0 Å². The number of hydrogen-bond donors (Lipinski definition) is 1. The van der Waals surface area contributed by atoms with E-state index in [-0.39, 0.29) is 0 Å². The van der Waals surface area contributed by atoms with Crippen LogP contribution in [-0.4, -0.2) is 32.5 Å².